The molecule has 0 atom stereocenters. The first-order chi connectivity index (χ1) is 7.13. The quantitative estimate of drug-likeness (QED) is 0.774. The molecule has 0 rings (SSSR count). The lowest BCUT2D eigenvalue weighted by atomic mass is 9.85. The summed E-state index contributed by atoms with van der Waals surface area (Å²) in [5, 5.41) is 12.5. The molecular weight excluding hydrogens is 242 g/mol. The van der Waals surface area contributed by atoms with Crippen LogP contribution in [0, 0.1) is 0 Å². The standard InChI is InChI=1S/C11H23NO4S/c1-9(2,17(7,15)16)8(13)12-10(3,4)11(5,6)14/h14H,1-7H3,(H,12,13). The minimum Gasteiger partial charge on any atom is -0.388 e. The lowest BCUT2D eigenvalue weighted by Crippen LogP contribution is -2.62. The zero-order valence-electron chi connectivity index (χ0n) is 11.6. The van der Waals surface area contributed by atoms with E-state index >= 15 is 0 Å². The molecule has 0 unspecified atom stereocenters. The number of aliphatic hydroxyl groups is 1. The first kappa shape index (κ1) is 16.4. The Labute approximate surface area is 104 Å². The van der Waals surface area contributed by atoms with Gasteiger partial charge in [0.15, 0.2) is 9.84 Å². The van der Waals surface area contributed by atoms with Gasteiger partial charge in [0.2, 0.25) is 5.91 Å². The van der Waals surface area contributed by atoms with Crippen LogP contribution >= 0.6 is 0 Å². The summed E-state index contributed by atoms with van der Waals surface area (Å²) < 4.78 is 21.5. The molecule has 1 amide bonds. The second kappa shape index (κ2) is 4.24. The molecule has 5 nitrogen and oxygen atoms in total. The molecule has 0 saturated heterocycles. The average Bonchev–Trinajstić information content (AvgIpc) is 1.98. The summed E-state index contributed by atoms with van der Waals surface area (Å²) in [5.41, 5.74) is -2.08. The van der Waals surface area contributed by atoms with Crippen LogP contribution in [0.25, 0.3) is 0 Å². The van der Waals surface area contributed by atoms with Gasteiger partial charge in [-0.1, -0.05) is 0 Å². The molecule has 2 N–H and O–H groups in total. The van der Waals surface area contributed by atoms with Crippen molar-refractivity contribution in [2.45, 2.75) is 57.4 Å². The van der Waals surface area contributed by atoms with Crippen LogP contribution in [0.1, 0.15) is 41.5 Å². The number of sulfone groups is 1. The molecule has 0 fully saturated rings. The number of amides is 1. The van der Waals surface area contributed by atoms with Gasteiger partial charge in [0.05, 0.1) is 11.1 Å². The maximum absolute atomic E-state index is 12.0. The van der Waals surface area contributed by atoms with E-state index in [0.29, 0.717) is 0 Å². The third-order valence-electron chi connectivity index (χ3n) is 3.43. The van der Waals surface area contributed by atoms with Gasteiger partial charge in [-0.3, -0.25) is 4.79 Å². The molecule has 0 radical (unpaired) electrons. The molecule has 6 heteroatoms. The minimum atomic E-state index is -3.51. The fraction of sp³-hybridized carbons (Fsp3) is 0.909. The van der Waals surface area contributed by atoms with Gasteiger partial charge in [0.25, 0.3) is 0 Å². The van der Waals surface area contributed by atoms with Crippen LogP contribution in [0.2, 0.25) is 0 Å². The van der Waals surface area contributed by atoms with Crippen LogP contribution in [-0.2, 0) is 14.6 Å². The molecule has 0 aliphatic rings. The van der Waals surface area contributed by atoms with Crippen LogP contribution in [0.15, 0.2) is 0 Å². The van der Waals surface area contributed by atoms with Crippen LogP contribution in [0.3, 0.4) is 0 Å². The van der Waals surface area contributed by atoms with Gasteiger partial charge < -0.3 is 10.4 Å². The third kappa shape index (κ3) is 3.42. The Hall–Kier alpha value is -0.620. The molecule has 0 saturated carbocycles. The molecule has 0 aromatic rings. The van der Waals surface area contributed by atoms with E-state index < -0.39 is 31.6 Å². The van der Waals surface area contributed by atoms with Crippen molar-refractivity contribution in [2.24, 2.45) is 0 Å². The lowest BCUT2D eigenvalue weighted by Gasteiger charge is -2.39. The molecule has 0 heterocycles. The molecule has 0 bridgehead atoms. The van der Waals surface area contributed by atoms with Crippen molar-refractivity contribution in [3.63, 3.8) is 0 Å². The van der Waals surface area contributed by atoms with Gasteiger partial charge in [-0.05, 0) is 41.5 Å². The number of hydrogen-bond donors (Lipinski definition) is 2. The van der Waals surface area contributed by atoms with Gasteiger partial charge in [-0.15, -0.1) is 0 Å². The summed E-state index contributed by atoms with van der Waals surface area (Å²) in [7, 11) is -3.51. The molecule has 0 aromatic carbocycles. The Morgan fingerprint density at radius 2 is 1.41 bits per heavy atom. The van der Waals surface area contributed by atoms with Gasteiger partial charge >= 0.3 is 0 Å². The van der Waals surface area contributed by atoms with Crippen LogP contribution in [0.4, 0.5) is 0 Å². The van der Waals surface area contributed by atoms with Crippen molar-refractivity contribution < 1.29 is 18.3 Å². The lowest BCUT2D eigenvalue weighted by molar-refractivity contribution is -0.127. The fourth-order valence-corrected chi connectivity index (χ4v) is 1.14. The highest BCUT2D eigenvalue weighted by Crippen LogP contribution is 2.23. The smallest absolute Gasteiger partial charge is 0.241 e. The molecule has 0 spiro atoms. The normalized spacial score (nSPS) is 14.6. The van der Waals surface area contributed by atoms with E-state index in [1.165, 1.54) is 13.8 Å². The highest BCUT2D eigenvalue weighted by atomic mass is 32.2. The van der Waals surface area contributed by atoms with Crippen molar-refractivity contribution in [3.05, 3.63) is 0 Å². The number of carbonyl (C=O) groups excluding carboxylic acids is 1. The molecule has 17 heavy (non-hydrogen) atoms. The summed E-state index contributed by atoms with van der Waals surface area (Å²) in [5.74, 6) is -0.618. The third-order valence-corrected chi connectivity index (χ3v) is 5.47. The first-order valence-corrected chi connectivity index (χ1v) is 7.26. The Morgan fingerprint density at radius 1 is 1.06 bits per heavy atom. The summed E-state index contributed by atoms with van der Waals surface area (Å²) in [6, 6.07) is 0. The van der Waals surface area contributed by atoms with Gasteiger partial charge in [0.1, 0.15) is 4.75 Å². The molecule has 0 aliphatic carbocycles. The zero-order chi connectivity index (χ0) is 14.3. The Kier molecular flexibility index (Phi) is 4.09. The second-order valence-corrected chi connectivity index (χ2v) is 8.49. The number of rotatable bonds is 4. The number of carbonyl (C=O) groups is 1. The Morgan fingerprint density at radius 3 is 1.65 bits per heavy atom. The van der Waals surface area contributed by atoms with Gasteiger partial charge in [-0.25, -0.2) is 8.42 Å². The minimum absolute atomic E-state index is 0.618. The van der Waals surface area contributed by atoms with Crippen molar-refractivity contribution in [1.82, 2.24) is 5.32 Å². The molecular formula is C11H23NO4S. The highest BCUT2D eigenvalue weighted by molar-refractivity contribution is 7.92. The topological polar surface area (TPSA) is 83.5 Å². The Bertz CT molecular complexity index is 402. The Balaban J connectivity index is 5.16. The van der Waals surface area contributed by atoms with E-state index in [1.54, 1.807) is 27.7 Å². The van der Waals surface area contributed by atoms with Gasteiger partial charge in [0, 0.05) is 6.26 Å². The van der Waals surface area contributed by atoms with E-state index in [1.807, 2.05) is 0 Å². The van der Waals surface area contributed by atoms with E-state index in [-0.39, 0.29) is 0 Å². The highest BCUT2D eigenvalue weighted by Gasteiger charge is 2.44. The molecule has 0 aliphatic heterocycles. The largest absolute Gasteiger partial charge is 0.388 e. The van der Waals surface area contributed by atoms with E-state index in [2.05, 4.69) is 5.32 Å². The van der Waals surface area contributed by atoms with Crippen LogP contribution in [0.5, 0.6) is 0 Å². The van der Waals surface area contributed by atoms with E-state index in [9.17, 15) is 18.3 Å². The van der Waals surface area contributed by atoms with Crippen molar-refractivity contribution in [3.8, 4) is 0 Å². The first-order valence-electron chi connectivity index (χ1n) is 5.37. The number of nitrogens with one attached hydrogen (secondary N) is 1. The van der Waals surface area contributed by atoms with E-state index in [4.69, 9.17) is 0 Å². The van der Waals surface area contributed by atoms with Crippen molar-refractivity contribution in [1.29, 1.82) is 0 Å². The summed E-state index contributed by atoms with van der Waals surface area (Å²) in [6.07, 6.45) is 1.02. The second-order valence-electron chi connectivity index (χ2n) is 5.92. The SMILES string of the molecule is CC(C)(O)C(C)(C)NC(=O)C(C)(C)S(C)(=O)=O. The monoisotopic (exact) mass is 265 g/mol. The molecule has 102 valence electrons. The maximum Gasteiger partial charge on any atom is 0.241 e. The van der Waals surface area contributed by atoms with E-state index in [0.717, 1.165) is 6.26 Å². The average molecular weight is 265 g/mol. The summed E-state index contributed by atoms with van der Waals surface area (Å²) in [4.78, 5) is 12.0. The van der Waals surface area contributed by atoms with Crippen LogP contribution in [-0.4, -0.2) is 41.6 Å². The summed E-state index contributed by atoms with van der Waals surface area (Å²) >= 11 is 0. The fourth-order valence-electron chi connectivity index (χ4n) is 0.756. The van der Waals surface area contributed by atoms with Crippen molar-refractivity contribution >= 4 is 15.7 Å². The number of hydrogen-bond acceptors (Lipinski definition) is 4. The predicted molar refractivity (Wildman–Crippen MR) is 67.4 cm³/mol. The zero-order valence-corrected chi connectivity index (χ0v) is 12.4. The van der Waals surface area contributed by atoms with Gasteiger partial charge in [-0.2, -0.15) is 0 Å². The van der Waals surface area contributed by atoms with Crippen LogP contribution < -0.4 is 5.32 Å². The van der Waals surface area contributed by atoms with Crippen molar-refractivity contribution in [2.75, 3.05) is 6.26 Å². The maximum atomic E-state index is 12.0. The summed E-state index contributed by atoms with van der Waals surface area (Å²) in [6.45, 7) is 9.09. The predicted octanol–water partition coefficient (Wildman–Crippen LogP) is 0.475. The molecule has 0 aromatic heterocycles.